The average molecular weight is 405 g/mol. The van der Waals surface area contributed by atoms with E-state index in [1.54, 1.807) is 0 Å². The molecule has 0 aliphatic carbocycles. The highest BCUT2D eigenvalue weighted by molar-refractivity contribution is 5.93. The maximum atomic E-state index is 12.8. The number of carbonyl (C=O) groups is 1. The van der Waals surface area contributed by atoms with Crippen LogP contribution in [0.25, 0.3) is 11.4 Å². The van der Waals surface area contributed by atoms with Crippen LogP contribution in [0, 0.1) is 26.7 Å². The molecule has 6 heteroatoms. The first kappa shape index (κ1) is 20.3. The SMILES string of the molecule is Cc1ccc(-c2noc(CN3CCCC(C(=O)Nc4ccc(C)cc4C)C3)n2)cc1. The van der Waals surface area contributed by atoms with Crippen LogP contribution in [-0.4, -0.2) is 34.0 Å². The van der Waals surface area contributed by atoms with Crippen LogP contribution >= 0.6 is 0 Å². The Labute approximate surface area is 177 Å². The Morgan fingerprint density at radius 2 is 1.90 bits per heavy atom. The third-order valence-electron chi connectivity index (χ3n) is 5.65. The van der Waals surface area contributed by atoms with Gasteiger partial charge in [-0.05, 0) is 51.8 Å². The molecule has 1 atom stereocenters. The number of piperidine rings is 1. The van der Waals surface area contributed by atoms with E-state index in [-0.39, 0.29) is 11.8 Å². The Bertz CT molecular complexity index is 1030. The van der Waals surface area contributed by atoms with Gasteiger partial charge < -0.3 is 9.84 Å². The van der Waals surface area contributed by atoms with E-state index >= 15 is 0 Å². The zero-order valence-corrected chi connectivity index (χ0v) is 17.8. The lowest BCUT2D eigenvalue weighted by Gasteiger charge is -2.31. The van der Waals surface area contributed by atoms with E-state index in [2.05, 4.69) is 40.3 Å². The molecule has 1 aromatic heterocycles. The largest absolute Gasteiger partial charge is 0.338 e. The molecule has 30 heavy (non-hydrogen) atoms. The minimum absolute atomic E-state index is 0.0426. The fourth-order valence-corrected chi connectivity index (χ4v) is 3.93. The molecule has 1 amide bonds. The summed E-state index contributed by atoms with van der Waals surface area (Å²) in [7, 11) is 0. The van der Waals surface area contributed by atoms with Crippen molar-refractivity contribution in [1.29, 1.82) is 0 Å². The van der Waals surface area contributed by atoms with Gasteiger partial charge >= 0.3 is 0 Å². The van der Waals surface area contributed by atoms with Crippen molar-refractivity contribution in [2.24, 2.45) is 5.92 Å². The van der Waals surface area contributed by atoms with Gasteiger partial charge in [-0.15, -0.1) is 0 Å². The van der Waals surface area contributed by atoms with Crippen molar-refractivity contribution < 1.29 is 9.32 Å². The van der Waals surface area contributed by atoms with Crippen molar-refractivity contribution in [1.82, 2.24) is 15.0 Å². The molecule has 2 heterocycles. The van der Waals surface area contributed by atoms with E-state index in [0.29, 0.717) is 24.8 Å². The summed E-state index contributed by atoms with van der Waals surface area (Å²) in [5.41, 5.74) is 5.31. The normalized spacial score (nSPS) is 17.1. The van der Waals surface area contributed by atoms with E-state index in [0.717, 1.165) is 36.2 Å². The van der Waals surface area contributed by atoms with Crippen molar-refractivity contribution in [2.75, 3.05) is 18.4 Å². The van der Waals surface area contributed by atoms with Gasteiger partial charge in [-0.25, -0.2) is 0 Å². The van der Waals surface area contributed by atoms with Crippen molar-refractivity contribution in [2.45, 2.75) is 40.2 Å². The summed E-state index contributed by atoms with van der Waals surface area (Å²) in [5.74, 6) is 1.23. The maximum absolute atomic E-state index is 12.8. The summed E-state index contributed by atoms with van der Waals surface area (Å²) >= 11 is 0. The lowest BCUT2D eigenvalue weighted by atomic mass is 9.96. The first-order valence-corrected chi connectivity index (χ1v) is 10.5. The molecule has 1 aliphatic rings. The highest BCUT2D eigenvalue weighted by Crippen LogP contribution is 2.23. The molecule has 4 rings (SSSR count). The van der Waals surface area contributed by atoms with Gasteiger partial charge in [0.25, 0.3) is 0 Å². The monoisotopic (exact) mass is 404 g/mol. The van der Waals surface area contributed by atoms with Gasteiger partial charge in [-0.2, -0.15) is 4.98 Å². The van der Waals surface area contributed by atoms with Crippen molar-refractivity contribution in [3.63, 3.8) is 0 Å². The van der Waals surface area contributed by atoms with Crippen LogP contribution in [0.15, 0.2) is 47.0 Å². The second kappa shape index (κ2) is 8.79. The van der Waals surface area contributed by atoms with Gasteiger partial charge in [0.2, 0.25) is 17.6 Å². The molecular weight excluding hydrogens is 376 g/mol. The van der Waals surface area contributed by atoms with Gasteiger partial charge in [0, 0.05) is 17.8 Å². The van der Waals surface area contributed by atoms with Crippen LogP contribution in [0.2, 0.25) is 0 Å². The molecule has 1 saturated heterocycles. The van der Waals surface area contributed by atoms with E-state index in [1.807, 2.05) is 43.3 Å². The number of benzene rings is 2. The predicted molar refractivity (Wildman–Crippen MR) is 117 cm³/mol. The molecule has 1 N–H and O–H groups in total. The van der Waals surface area contributed by atoms with E-state index in [1.165, 1.54) is 11.1 Å². The van der Waals surface area contributed by atoms with Crippen molar-refractivity contribution in [3.8, 4) is 11.4 Å². The molecule has 6 nitrogen and oxygen atoms in total. The summed E-state index contributed by atoms with van der Waals surface area (Å²) in [5, 5.41) is 7.22. The minimum atomic E-state index is -0.0426. The van der Waals surface area contributed by atoms with Crippen molar-refractivity contribution >= 4 is 11.6 Å². The number of amides is 1. The molecule has 3 aromatic rings. The van der Waals surface area contributed by atoms with Gasteiger partial charge in [0.15, 0.2) is 0 Å². The second-order valence-corrected chi connectivity index (χ2v) is 8.26. The summed E-state index contributed by atoms with van der Waals surface area (Å²) < 4.78 is 5.47. The number of aryl methyl sites for hydroxylation is 3. The van der Waals surface area contributed by atoms with Crippen LogP contribution in [-0.2, 0) is 11.3 Å². The smallest absolute Gasteiger partial charge is 0.241 e. The first-order valence-electron chi connectivity index (χ1n) is 10.5. The summed E-state index contributed by atoms with van der Waals surface area (Å²) in [6, 6.07) is 14.2. The fraction of sp³-hybridized carbons (Fsp3) is 0.375. The Kier molecular flexibility index (Phi) is 5.95. The number of aromatic nitrogens is 2. The topological polar surface area (TPSA) is 71.3 Å². The van der Waals surface area contributed by atoms with E-state index in [4.69, 9.17) is 4.52 Å². The summed E-state index contributed by atoms with van der Waals surface area (Å²) in [6.07, 6.45) is 1.87. The Morgan fingerprint density at radius 3 is 2.67 bits per heavy atom. The molecule has 0 spiro atoms. The number of rotatable bonds is 5. The van der Waals surface area contributed by atoms with Crippen LogP contribution in [0.3, 0.4) is 0 Å². The van der Waals surface area contributed by atoms with E-state index in [9.17, 15) is 4.79 Å². The summed E-state index contributed by atoms with van der Waals surface area (Å²) in [6.45, 7) is 8.31. The number of likely N-dealkylation sites (tertiary alicyclic amines) is 1. The standard InChI is InChI=1S/C24H28N4O2/c1-16-6-9-19(10-7-16)23-26-22(30-27-23)15-28-12-4-5-20(14-28)24(29)25-21-11-8-17(2)13-18(21)3/h6-11,13,20H,4-5,12,14-15H2,1-3H3,(H,25,29). The zero-order chi connectivity index (χ0) is 21.1. The van der Waals surface area contributed by atoms with Gasteiger partial charge in [-0.1, -0.05) is 52.7 Å². The maximum Gasteiger partial charge on any atom is 0.241 e. The lowest BCUT2D eigenvalue weighted by Crippen LogP contribution is -2.40. The molecule has 1 unspecified atom stereocenters. The molecular formula is C24H28N4O2. The van der Waals surface area contributed by atoms with Crippen LogP contribution < -0.4 is 5.32 Å². The predicted octanol–water partition coefficient (Wildman–Crippen LogP) is 4.51. The number of nitrogens with one attached hydrogen (secondary N) is 1. The van der Waals surface area contributed by atoms with Gasteiger partial charge in [0.05, 0.1) is 12.5 Å². The molecule has 156 valence electrons. The average Bonchev–Trinajstić information content (AvgIpc) is 3.19. The third-order valence-corrected chi connectivity index (χ3v) is 5.65. The van der Waals surface area contributed by atoms with Crippen LogP contribution in [0.4, 0.5) is 5.69 Å². The lowest BCUT2D eigenvalue weighted by molar-refractivity contribution is -0.121. The highest BCUT2D eigenvalue weighted by Gasteiger charge is 2.27. The third kappa shape index (κ3) is 4.76. The molecule has 1 aliphatic heterocycles. The molecule has 0 bridgehead atoms. The summed E-state index contributed by atoms with van der Waals surface area (Å²) in [4.78, 5) is 19.6. The molecule has 1 fully saturated rings. The molecule has 0 saturated carbocycles. The Morgan fingerprint density at radius 1 is 1.13 bits per heavy atom. The number of hydrogen-bond donors (Lipinski definition) is 1. The minimum Gasteiger partial charge on any atom is -0.338 e. The highest BCUT2D eigenvalue weighted by atomic mass is 16.5. The zero-order valence-electron chi connectivity index (χ0n) is 17.8. The number of hydrogen-bond acceptors (Lipinski definition) is 5. The quantitative estimate of drug-likeness (QED) is 0.677. The van der Waals surface area contributed by atoms with Crippen molar-refractivity contribution in [3.05, 3.63) is 65.0 Å². The molecule has 0 radical (unpaired) electrons. The Hall–Kier alpha value is -2.99. The molecule has 2 aromatic carbocycles. The number of carbonyl (C=O) groups excluding carboxylic acids is 1. The first-order chi connectivity index (χ1) is 14.5. The van der Waals surface area contributed by atoms with Crippen LogP contribution in [0.5, 0.6) is 0 Å². The van der Waals surface area contributed by atoms with E-state index < -0.39 is 0 Å². The van der Waals surface area contributed by atoms with Gasteiger partial charge in [-0.3, -0.25) is 9.69 Å². The number of anilines is 1. The second-order valence-electron chi connectivity index (χ2n) is 8.26. The van der Waals surface area contributed by atoms with Crippen LogP contribution in [0.1, 0.15) is 35.4 Å². The Balaban J connectivity index is 1.37. The number of nitrogens with zero attached hydrogens (tertiary/aromatic N) is 3. The van der Waals surface area contributed by atoms with Gasteiger partial charge in [0.1, 0.15) is 0 Å². The fourth-order valence-electron chi connectivity index (χ4n) is 3.93.